The Hall–Kier alpha value is -3.00. The molecule has 7 nitrogen and oxygen atoms in total. The van der Waals surface area contributed by atoms with Gasteiger partial charge in [-0.15, -0.1) is 11.3 Å². The summed E-state index contributed by atoms with van der Waals surface area (Å²) in [6, 6.07) is 10.5. The van der Waals surface area contributed by atoms with Crippen molar-refractivity contribution in [2.24, 2.45) is 0 Å². The molecule has 0 bridgehead atoms. The number of carbonyl (C=O) groups excluding carboxylic acids is 2. The summed E-state index contributed by atoms with van der Waals surface area (Å²) in [5, 5.41) is 5.82. The zero-order chi connectivity index (χ0) is 19.9. The molecule has 3 aromatic rings. The minimum absolute atomic E-state index is 0.0486. The van der Waals surface area contributed by atoms with Crippen molar-refractivity contribution >= 4 is 23.1 Å². The molecule has 146 valence electrons. The molecule has 0 saturated carbocycles. The quantitative estimate of drug-likeness (QED) is 0.397. The highest BCUT2D eigenvalue weighted by Crippen LogP contribution is 2.21. The first-order valence-corrected chi connectivity index (χ1v) is 9.77. The van der Waals surface area contributed by atoms with Crippen molar-refractivity contribution in [1.29, 1.82) is 0 Å². The molecule has 0 saturated heterocycles. The molecule has 0 aliphatic heterocycles. The first-order chi connectivity index (χ1) is 13.6. The van der Waals surface area contributed by atoms with Gasteiger partial charge in [0.1, 0.15) is 5.75 Å². The number of aryl methyl sites for hydroxylation is 1. The second-order valence-corrected chi connectivity index (χ2v) is 6.89. The van der Waals surface area contributed by atoms with Gasteiger partial charge in [0.05, 0.1) is 17.9 Å². The Bertz CT molecular complexity index is 918. The summed E-state index contributed by atoms with van der Waals surface area (Å²) in [5.41, 5.74) is 0.459. The van der Waals surface area contributed by atoms with E-state index in [1.165, 1.54) is 11.3 Å². The van der Waals surface area contributed by atoms with Gasteiger partial charge in [0.25, 0.3) is 0 Å². The lowest BCUT2D eigenvalue weighted by Crippen LogP contribution is -2.24. The smallest absolute Gasteiger partial charge is 0.307 e. The van der Waals surface area contributed by atoms with Crippen LogP contribution in [-0.2, 0) is 16.0 Å². The van der Waals surface area contributed by atoms with Crippen LogP contribution in [0.4, 0.5) is 0 Å². The first kappa shape index (κ1) is 19.8. The van der Waals surface area contributed by atoms with Crippen molar-refractivity contribution in [1.82, 2.24) is 10.1 Å². The fraction of sp³-hybridized carbons (Fsp3) is 0.300. The molecule has 0 unspecified atom stereocenters. The predicted octanol–water partition coefficient (Wildman–Crippen LogP) is 3.94. The molecule has 0 aliphatic carbocycles. The molecule has 2 aromatic heterocycles. The van der Waals surface area contributed by atoms with Gasteiger partial charge in [-0.25, -0.2) is 0 Å². The van der Waals surface area contributed by atoms with Crippen LogP contribution in [0, 0.1) is 0 Å². The number of thiophene rings is 1. The molecule has 0 spiro atoms. The number of aromatic nitrogens is 2. The van der Waals surface area contributed by atoms with E-state index in [1.807, 2.05) is 24.4 Å². The van der Waals surface area contributed by atoms with Crippen molar-refractivity contribution in [3.8, 4) is 16.5 Å². The second kappa shape index (κ2) is 9.27. The van der Waals surface area contributed by atoms with Crippen LogP contribution in [-0.4, -0.2) is 34.6 Å². The lowest BCUT2D eigenvalue weighted by atomic mass is 10.1. The number of benzene rings is 1. The molecular formula is C20H20N2O5S. The van der Waals surface area contributed by atoms with E-state index in [9.17, 15) is 9.59 Å². The summed E-state index contributed by atoms with van der Waals surface area (Å²) in [5.74, 6) is 0.769. The largest absolute Gasteiger partial charge is 0.494 e. The van der Waals surface area contributed by atoms with E-state index in [2.05, 4.69) is 10.1 Å². The van der Waals surface area contributed by atoms with Crippen LogP contribution < -0.4 is 4.74 Å². The molecule has 0 fully saturated rings. The number of Topliss-reactive ketones (excluding diaryl/α,β-unsaturated/α-hetero) is 1. The minimum Gasteiger partial charge on any atom is -0.494 e. The monoisotopic (exact) mass is 400 g/mol. The number of rotatable bonds is 9. The normalized spacial score (nSPS) is 11.8. The van der Waals surface area contributed by atoms with E-state index < -0.39 is 12.1 Å². The van der Waals surface area contributed by atoms with Gasteiger partial charge >= 0.3 is 5.97 Å². The van der Waals surface area contributed by atoms with Crippen molar-refractivity contribution in [3.63, 3.8) is 0 Å². The predicted molar refractivity (Wildman–Crippen MR) is 103 cm³/mol. The van der Waals surface area contributed by atoms with E-state index in [1.54, 1.807) is 31.2 Å². The molecule has 0 amide bonds. The number of carbonyl (C=O) groups is 2. The average molecular weight is 400 g/mol. The summed E-state index contributed by atoms with van der Waals surface area (Å²) in [6.45, 7) is 3.99. The summed E-state index contributed by atoms with van der Waals surface area (Å²) in [6.07, 6.45) is -0.580. The van der Waals surface area contributed by atoms with Crippen LogP contribution in [0.2, 0.25) is 0 Å². The number of ether oxygens (including phenoxy) is 2. The van der Waals surface area contributed by atoms with Gasteiger partial charge in [0, 0.05) is 12.0 Å². The fourth-order valence-electron chi connectivity index (χ4n) is 2.50. The molecule has 8 heteroatoms. The Morgan fingerprint density at radius 2 is 2.00 bits per heavy atom. The summed E-state index contributed by atoms with van der Waals surface area (Å²) >= 11 is 1.50. The molecule has 1 aromatic carbocycles. The molecule has 3 rings (SSSR count). The molecule has 2 heterocycles. The maximum atomic E-state index is 12.4. The average Bonchev–Trinajstić information content (AvgIpc) is 3.38. The molecule has 0 radical (unpaired) electrons. The van der Waals surface area contributed by atoms with Gasteiger partial charge in [-0.05, 0) is 49.6 Å². The highest BCUT2D eigenvalue weighted by molar-refractivity contribution is 7.13. The maximum absolute atomic E-state index is 12.4. The number of ketones is 1. The van der Waals surface area contributed by atoms with Gasteiger partial charge in [0.2, 0.25) is 17.5 Å². The molecular weight excluding hydrogens is 380 g/mol. The summed E-state index contributed by atoms with van der Waals surface area (Å²) < 4.78 is 15.7. The molecule has 0 N–H and O–H groups in total. The van der Waals surface area contributed by atoms with Crippen molar-refractivity contribution in [3.05, 3.63) is 53.2 Å². The maximum Gasteiger partial charge on any atom is 0.307 e. The van der Waals surface area contributed by atoms with Crippen LogP contribution in [0.15, 0.2) is 46.3 Å². The van der Waals surface area contributed by atoms with E-state index in [-0.39, 0.29) is 18.6 Å². The van der Waals surface area contributed by atoms with Gasteiger partial charge < -0.3 is 14.0 Å². The number of hydrogen-bond acceptors (Lipinski definition) is 8. The molecule has 0 aliphatic rings. The summed E-state index contributed by atoms with van der Waals surface area (Å²) in [7, 11) is 0. The van der Waals surface area contributed by atoms with Crippen LogP contribution in [0.1, 0.15) is 36.5 Å². The van der Waals surface area contributed by atoms with Gasteiger partial charge in [0.15, 0.2) is 6.10 Å². The van der Waals surface area contributed by atoms with Gasteiger partial charge in [-0.3, -0.25) is 9.59 Å². The third-order valence-corrected chi connectivity index (χ3v) is 4.75. The number of esters is 1. The topological polar surface area (TPSA) is 91.5 Å². The van der Waals surface area contributed by atoms with Crippen molar-refractivity contribution in [2.75, 3.05) is 6.61 Å². The van der Waals surface area contributed by atoms with Crippen molar-refractivity contribution in [2.45, 2.75) is 32.8 Å². The molecule has 1 atom stereocenters. The number of nitrogens with zero attached hydrogens (tertiary/aromatic N) is 2. The lowest BCUT2D eigenvalue weighted by Gasteiger charge is -2.12. The van der Waals surface area contributed by atoms with Crippen LogP contribution in [0.5, 0.6) is 5.75 Å². The third-order valence-electron chi connectivity index (χ3n) is 3.88. The van der Waals surface area contributed by atoms with E-state index in [4.69, 9.17) is 14.0 Å². The SMILES string of the molecule is CCOc1ccc(C(=O)[C@@H](C)OC(=O)CCc2nc(-c3cccs3)no2)cc1. The Morgan fingerprint density at radius 3 is 2.68 bits per heavy atom. The first-order valence-electron chi connectivity index (χ1n) is 8.90. The standard InChI is InChI=1S/C20H20N2O5S/c1-3-25-15-8-6-14(7-9-15)19(24)13(2)26-18(23)11-10-17-21-20(22-27-17)16-5-4-12-28-16/h4-9,12-13H,3,10-11H2,1-2H3/t13-/m1/s1. The Balaban J connectivity index is 1.49. The highest BCUT2D eigenvalue weighted by atomic mass is 32.1. The van der Waals surface area contributed by atoms with Crippen LogP contribution >= 0.6 is 11.3 Å². The fourth-order valence-corrected chi connectivity index (χ4v) is 3.15. The minimum atomic E-state index is -0.880. The van der Waals surface area contributed by atoms with E-state index in [0.717, 1.165) is 4.88 Å². The van der Waals surface area contributed by atoms with Crippen LogP contribution in [0.25, 0.3) is 10.7 Å². The zero-order valence-corrected chi connectivity index (χ0v) is 16.4. The lowest BCUT2D eigenvalue weighted by molar-refractivity contribution is -0.146. The zero-order valence-electron chi connectivity index (χ0n) is 15.6. The van der Waals surface area contributed by atoms with Crippen molar-refractivity contribution < 1.29 is 23.6 Å². The highest BCUT2D eigenvalue weighted by Gasteiger charge is 2.20. The Morgan fingerprint density at radius 1 is 1.21 bits per heavy atom. The Kier molecular flexibility index (Phi) is 6.54. The second-order valence-electron chi connectivity index (χ2n) is 5.94. The summed E-state index contributed by atoms with van der Waals surface area (Å²) in [4.78, 5) is 29.6. The Labute approximate surface area is 166 Å². The third kappa shape index (κ3) is 5.04. The van der Waals surface area contributed by atoms with Crippen LogP contribution in [0.3, 0.4) is 0 Å². The van der Waals surface area contributed by atoms with Gasteiger partial charge in [-0.2, -0.15) is 4.98 Å². The van der Waals surface area contributed by atoms with Gasteiger partial charge in [-0.1, -0.05) is 11.2 Å². The molecule has 28 heavy (non-hydrogen) atoms. The van der Waals surface area contributed by atoms with E-state index >= 15 is 0 Å². The number of hydrogen-bond donors (Lipinski definition) is 0. The van der Waals surface area contributed by atoms with E-state index in [0.29, 0.717) is 29.6 Å².